The van der Waals surface area contributed by atoms with Gasteiger partial charge in [0.05, 0.1) is 19.6 Å². The van der Waals surface area contributed by atoms with Gasteiger partial charge < -0.3 is 14.2 Å². The second-order valence-electron chi connectivity index (χ2n) is 7.09. The molecule has 1 saturated heterocycles. The quantitative estimate of drug-likeness (QED) is 0.780. The fourth-order valence-electron chi connectivity index (χ4n) is 2.53. The van der Waals surface area contributed by atoms with Crippen molar-refractivity contribution in [2.45, 2.75) is 51.4 Å². The highest BCUT2D eigenvalue weighted by Gasteiger charge is 2.38. The first-order chi connectivity index (χ1) is 12.2. The zero-order valence-electron chi connectivity index (χ0n) is 15.3. The van der Waals surface area contributed by atoms with E-state index in [1.165, 1.54) is 12.1 Å². The van der Waals surface area contributed by atoms with Gasteiger partial charge in [0.2, 0.25) is 5.91 Å². The second kappa shape index (κ2) is 8.46. The average molecular weight is 368 g/mol. The Morgan fingerprint density at radius 3 is 2.35 bits per heavy atom. The fraction of sp³-hybridized carbons (Fsp3) is 0.556. The number of hydrogen-bond donors (Lipinski definition) is 2. The highest BCUT2D eigenvalue weighted by atomic mass is 19.1. The van der Waals surface area contributed by atoms with Gasteiger partial charge in [-0.05, 0) is 44.9 Å². The fourth-order valence-corrected chi connectivity index (χ4v) is 2.53. The molecule has 0 saturated carbocycles. The Kier molecular flexibility index (Phi) is 6.55. The highest BCUT2D eigenvalue weighted by molar-refractivity contribution is 5.79. The van der Waals surface area contributed by atoms with Crippen molar-refractivity contribution >= 4 is 12.0 Å². The van der Waals surface area contributed by atoms with Crippen LogP contribution in [0.15, 0.2) is 24.3 Å². The van der Waals surface area contributed by atoms with Crippen molar-refractivity contribution in [3.8, 4) is 0 Å². The number of aryl methyl sites for hydroxylation is 1. The number of carbonyl (C=O) groups is 2. The Labute approximate surface area is 152 Å². The summed E-state index contributed by atoms with van der Waals surface area (Å²) in [5, 5.41) is 0. The van der Waals surface area contributed by atoms with Gasteiger partial charge >= 0.3 is 6.09 Å². The number of amides is 2. The van der Waals surface area contributed by atoms with Crippen molar-refractivity contribution in [1.82, 2.24) is 10.9 Å². The number of carbonyl (C=O) groups excluding carboxylic acids is 2. The highest BCUT2D eigenvalue weighted by Crippen LogP contribution is 2.29. The van der Waals surface area contributed by atoms with Crippen molar-refractivity contribution in [2.75, 3.05) is 13.2 Å². The van der Waals surface area contributed by atoms with Crippen molar-refractivity contribution in [3.63, 3.8) is 0 Å². The summed E-state index contributed by atoms with van der Waals surface area (Å²) < 4.78 is 29.3. The lowest BCUT2D eigenvalue weighted by Gasteiger charge is -2.27. The maximum atomic E-state index is 13.0. The molecule has 1 aliphatic rings. The summed E-state index contributed by atoms with van der Waals surface area (Å²) in [5.74, 6) is -1.82. The minimum Gasteiger partial charge on any atom is -0.443 e. The maximum Gasteiger partial charge on any atom is 0.426 e. The third-order valence-corrected chi connectivity index (χ3v) is 3.65. The molecule has 2 amide bonds. The van der Waals surface area contributed by atoms with Gasteiger partial charge in [0.15, 0.2) is 5.79 Å². The Balaban J connectivity index is 1.85. The van der Waals surface area contributed by atoms with E-state index in [2.05, 4.69) is 10.9 Å². The van der Waals surface area contributed by atoms with Crippen LogP contribution in [0.4, 0.5) is 9.18 Å². The van der Waals surface area contributed by atoms with Gasteiger partial charge in [-0.1, -0.05) is 12.1 Å². The zero-order valence-corrected chi connectivity index (χ0v) is 15.3. The minimum absolute atomic E-state index is 0.0794. The molecule has 0 aromatic heterocycles. The molecule has 0 aliphatic carbocycles. The largest absolute Gasteiger partial charge is 0.443 e. The molecule has 2 rings (SSSR count). The molecule has 0 spiro atoms. The average Bonchev–Trinajstić information content (AvgIpc) is 3.00. The summed E-state index contributed by atoms with van der Waals surface area (Å²) in [5.41, 5.74) is 4.74. The van der Waals surface area contributed by atoms with Gasteiger partial charge in [-0.25, -0.2) is 14.6 Å². The molecule has 0 unspecified atom stereocenters. The molecule has 8 heteroatoms. The Morgan fingerprint density at radius 2 is 1.77 bits per heavy atom. The first-order valence-corrected chi connectivity index (χ1v) is 8.48. The summed E-state index contributed by atoms with van der Waals surface area (Å²) >= 11 is 0. The van der Waals surface area contributed by atoms with Crippen LogP contribution in [0, 0.1) is 5.82 Å². The molecular weight excluding hydrogens is 343 g/mol. The molecule has 7 nitrogen and oxygen atoms in total. The van der Waals surface area contributed by atoms with E-state index in [0.29, 0.717) is 26.1 Å². The SMILES string of the molecule is CC(C)(C)OC(=O)NNC(=O)CC1(CCc2ccc(F)cc2)OCCO1. The van der Waals surface area contributed by atoms with E-state index in [0.717, 1.165) is 5.56 Å². The summed E-state index contributed by atoms with van der Waals surface area (Å²) in [7, 11) is 0. The standard InChI is InChI=1S/C18H25FN2O5/c1-17(2,3)26-16(23)21-20-15(22)12-18(24-10-11-25-18)9-8-13-4-6-14(19)7-5-13/h4-7H,8-12H2,1-3H3,(H,20,22)(H,21,23). The molecule has 26 heavy (non-hydrogen) atoms. The van der Waals surface area contributed by atoms with Gasteiger partial charge in [-0.3, -0.25) is 10.2 Å². The monoisotopic (exact) mass is 368 g/mol. The Morgan fingerprint density at radius 1 is 1.15 bits per heavy atom. The van der Waals surface area contributed by atoms with Crippen molar-refractivity contribution in [2.24, 2.45) is 0 Å². The number of nitrogens with one attached hydrogen (secondary N) is 2. The molecule has 1 heterocycles. The first-order valence-electron chi connectivity index (χ1n) is 8.48. The van der Waals surface area contributed by atoms with E-state index in [-0.39, 0.29) is 12.2 Å². The summed E-state index contributed by atoms with van der Waals surface area (Å²) in [6.45, 7) is 5.93. The van der Waals surface area contributed by atoms with E-state index in [9.17, 15) is 14.0 Å². The van der Waals surface area contributed by atoms with Gasteiger partial charge in [0, 0.05) is 6.42 Å². The molecule has 0 bridgehead atoms. The number of hydrazine groups is 1. The third kappa shape index (κ3) is 6.61. The molecule has 144 valence electrons. The smallest absolute Gasteiger partial charge is 0.426 e. The van der Waals surface area contributed by atoms with E-state index < -0.39 is 23.4 Å². The topological polar surface area (TPSA) is 85.9 Å². The predicted octanol–water partition coefficient (Wildman–Crippen LogP) is 2.45. The molecule has 1 aromatic carbocycles. The van der Waals surface area contributed by atoms with Crippen LogP contribution in [0.1, 0.15) is 39.2 Å². The molecule has 1 fully saturated rings. The van der Waals surface area contributed by atoms with Crippen molar-refractivity contribution in [1.29, 1.82) is 0 Å². The van der Waals surface area contributed by atoms with Gasteiger partial charge in [-0.15, -0.1) is 0 Å². The van der Waals surface area contributed by atoms with Crippen LogP contribution in [0.5, 0.6) is 0 Å². The summed E-state index contributed by atoms with van der Waals surface area (Å²) in [4.78, 5) is 23.7. The Bertz CT molecular complexity index is 621. The van der Waals surface area contributed by atoms with Crippen LogP contribution in [0.25, 0.3) is 0 Å². The van der Waals surface area contributed by atoms with Gasteiger partial charge in [0.25, 0.3) is 0 Å². The predicted molar refractivity (Wildman–Crippen MR) is 91.5 cm³/mol. The number of ether oxygens (including phenoxy) is 3. The molecule has 2 N–H and O–H groups in total. The Hall–Kier alpha value is -2.19. The van der Waals surface area contributed by atoms with E-state index in [4.69, 9.17) is 14.2 Å². The van der Waals surface area contributed by atoms with E-state index >= 15 is 0 Å². The van der Waals surface area contributed by atoms with Crippen LogP contribution in [-0.2, 0) is 25.4 Å². The van der Waals surface area contributed by atoms with E-state index in [1.807, 2.05) is 0 Å². The lowest BCUT2D eigenvalue weighted by molar-refractivity contribution is -0.173. The lowest BCUT2D eigenvalue weighted by Crippen LogP contribution is -2.47. The van der Waals surface area contributed by atoms with Crippen LogP contribution >= 0.6 is 0 Å². The van der Waals surface area contributed by atoms with E-state index in [1.54, 1.807) is 32.9 Å². The second-order valence-corrected chi connectivity index (χ2v) is 7.09. The summed E-state index contributed by atoms with van der Waals surface area (Å²) in [6.07, 6.45) is 0.162. The lowest BCUT2D eigenvalue weighted by atomic mass is 10.0. The van der Waals surface area contributed by atoms with Gasteiger partial charge in [0.1, 0.15) is 11.4 Å². The number of hydrogen-bond acceptors (Lipinski definition) is 5. The van der Waals surface area contributed by atoms with Crippen LogP contribution in [0.2, 0.25) is 0 Å². The summed E-state index contributed by atoms with van der Waals surface area (Å²) in [6, 6.07) is 6.13. The maximum absolute atomic E-state index is 13.0. The normalized spacial score (nSPS) is 16.2. The minimum atomic E-state index is -1.06. The zero-order chi connectivity index (χ0) is 19.2. The van der Waals surface area contributed by atoms with Crippen LogP contribution < -0.4 is 10.9 Å². The number of halogens is 1. The molecule has 1 aromatic rings. The van der Waals surface area contributed by atoms with Crippen LogP contribution in [0.3, 0.4) is 0 Å². The first kappa shape index (κ1) is 20.1. The van der Waals surface area contributed by atoms with Gasteiger partial charge in [-0.2, -0.15) is 0 Å². The molecule has 0 atom stereocenters. The van der Waals surface area contributed by atoms with Crippen molar-refractivity contribution in [3.05, 3.63) is 35.6 Å². The van der Waals surface area contributed by atoms with Crippen LogP contribution in [-0.4, -0.2) is 36.6 Å². The third-order valence-electron chi connectivity index (χ3n) is 3.65. The number of rotatable bonds is 5. The van der Waals surface area contributed by atoms with Crippen molar-refractivity contribution < 1.29 is 28.2 Å². The molecular formula is C18H25FN2O5. The molecule has 1 aliphatic heterocycles. The number of benzene rings is 1. The molecule has 0 radical (unpaired) electrons.